The van der Waals surface area contributed by atoms with E-state index in [9.17, 15) is 5.11 Å². The van der Waals surface area contributed by atoms with Gasteiger partial charge >= 0.3 is 0 Å². The zero-order valence-electron chi connectivity index (χ0n) is 13.1. The Morgan fingerprint density at radius 2 is 2.00 bits per heavy atom. The summed E-state index contributed by atoms with van der Waals surface area (Å²) in [5.41, 5.74) is 0. The smallest absolute Gasteiger partial charge is 0.0900 e. The molecule has 2 atom stereocenters. The number of β-amino-alcohol motifs (C(OH)–C–C–N with tert-alkyl or cyclic N) is 1. The van der Waals surface area contributed by atoms with E-state index in [-0.39, 0.29) is 6.10 Å². The monoisotopic (exact) mass is 284 g/mol. The van der Waals surface area contributed by atoms with Gasteiger partial charge in [-0.1, -0.05) is 19.8 Å². The second-order valence-electron chi connectivity index (χ2n) is 6.38. The van der Waals surface area contributed by atoms with Gasteiger partial charge in [0, 0.05) is 25.7 Å². The van der Waals surface area contributed by atoms with Crippen LogP contribution in [-0.2, 0) is 4.74 Å². The van der Waals surface area contributed by atoms with Gasteiger partial charge in [0.15, 0.2) is 0 Å². The van der Waals surface area contributed by atoms with Gasteiger partial charge in [-0.15, -0.1) is 0 Å². The van der Waals surface area contributed by atoms with Crippen molar-refractivity contribution in [2.45, 2.75) is 57.6 Å². The quantitative estimate of drug-likeness (QED) is 0.689. The van der Waals surface area contributed by atoms with Gasteiger partial charge in [-0.25, -0.2) is 0 Å². The Balaban J connectivity index is 1.60. The van der Waals surface area contributed by atoms with Gasteiger partial charge < -0.3 is 9.84 Å². The molecule has 2 saturated heterocycles. The molecular formula is C16H32N2O2. The van der Waals surface area contributed by atoms with E-state index in [2.05, 4.69) is 16.7 Å². The van der Waals surface area contributed by atoms with Crippen LogP contribution in [0.4, 0.5) is 0 Å². The molecule has 2 heterocycles. The maximum atomic E-state index is 10.0. The average Bonchev–Trinajstić information content (AvgIpc) is 2.93. The van der Waals surface area contributed by atoms with Gasteiger partial charge in [0.2, 0.25) is 0 Å². The highest BCUT2D eigenvalue weighted by atomic mass is 16.5. The van der Waals surface area contributed by atoms with Gasteiger partial charge in [-0.3, -0.25) is 9.80 Å². The molecule has 20 heavy (non-hydrogen) atoms. The zero-order chi connectivity index (χ0) is 14.2. The standard InChI is InChI=1S/C16H32N2O2/c1-2-3-11-20-14-16(19)13-17-10-7-15(12-17)18-8-5-4-6-9-18/h15-16,19H,2-14H2,1H3. The predicted molar refractivity (Wildman–Crippen MR) is 82.0 cm³/mol. The maximum absolute atomic E-state index is 10.0. The van der Waals surface area contributed by atoms with Crippen LogP contribution in [0.2, 0.25) is 0 Å². The van der Waals surface area contributed by atoms with Crippen molar-refractivity contribution in [3.8, 4) is 0 Å². The molecular weight excluding hydrogens is 252 g/mol. The highest BCUT2D eigenvalue weighted by Gasteiger charge is 2.29. The number of ether oxygens (including phenoxy) is 1. The fourth-order valence-electron chi connectivity index (χ4n) is 3.38. The first kappa shape index (κ1) is 16.2. The largest absolute Gasteiger partial charge is 0.389 e. The molecule has 0 radical (unpaired) electrons. The lowest BCUT2D eigenvalue weighted by atomic mass is 10.1. The zero-order valence-corrected chi connectivity index (χ0v) is 13.1. The van der Waals surface area contributed by atoms with Crippen molar-refractivity contribution in [2.75, 3.05) is 45.9 Å². The molecule has 0 spiro atoms. The van der Waals surface area contributed by atoms with Crippen LogP contribution in [0.3, 0.4) is 0 Å². The summed E-state index contributed by atoms with van der Waals surface area (Å²) in [6.45, 7) is 9.03. The molecule has 0 aliphatic carbocycles. The molecule has 2 rings (SSSR count). The van der Waals surface area contributed by atoms with Crippen LogP contribution >= 0.6 is 0 Å². The van der Waals surface area contributed by atoms with Crippen molar-refractivity contribution < 1.29 is 9.84 Å². The highest BCUT2D eigenvalue weighted by Crippen LogP contribution is 2.20. The molecule has 0 aromatic rings. The van der Waals surface area contributed by atoms with Gasteiger partial charge in [0.1, 0.15) is 0 Å². The topological polar surface area (TPSA) is 35.9 Å². The van der Waals surface area contributed by atoms with E-state index >= 15 is 0 Å². The molecule has 0 amide bonds. The van der Waals surface area contributed by atoms with Crippen LogP contribution in [0.5, 0.6) is 0 Å². The minimum atomic E-state index is -0.327. The van der Waals surface area contributed by atoms with Crippen molar-refractivity contribution in [2.24, 2.45) is 0 Å². The summed E-state index contributed by atoms with van der Waals surface area (Å²) in [5, 5.41) is 10.0. The van der Waals surface area contributed by atoms with Gasteiger partial charge in [0.05, 0.1) is 12.7 Å². The van der Waals surface area contributed by atoms with E-state index in [1.165, 1.54) is 38.8 Å². The summed E-state index contributed by atoms with van der Waals surface area (Å²) in [4.78, 5) is 5.07. The second-order valence-corrected chi connectivity index (χ2v) is 6.38. The molecule has 2 unspecified atom stereocenters. The number of likely N-dealkylation sites (tertiary alicyclic amines) is 2. The lowest BCUT2D eigenvalue weighted by Crippen LogP contribution is -2.42. The van der Waals surface area contributed by atoms with Crippen molar-refractivity contribution in [3.63, 3.8) is 0 Å². The Hall–Kier alpha value is -0.160. The van der Waals surface area contributed by atoms with Crippen molar-refractivity contribution >= 4 is 0 Å². The molecule has 0 aromatic carbocycles. The Kier molecular flexibility index (Phi) is 7.28. The Morgan fingerprint density at radius 3 is 2.75 bits per heavy atom. The first-order chi connectivity index (χ1) is 9.79. The minimum Gasteiger partial charge on any atom is -0.389 e. The van der Waals surface area contributed by atoms with Crippen LogP contribution in [0.25, 0.3) is 0 Å². The molecule has 4 nitrogen and oxygen atoms in total. The normalized spacial score (nSPS) is 27.0. The predicted octanol–water partition coefficient (Wildman–Crippen LogP) is 1.72. The maximum Gasteiger partial charge on any atom is 0.0900 e. The molecule has 2 fully saturated rings. The fourth-order valence-corrected chi connectivity index (χ4v) is 3.38. The molecule has 1 N–H and O–H groups in total. The summed E-state index contributed by atoms with van der Waals surface area (Å²) in [6.07, 6.45) is 7.32. The van der Waals surface area contributed by atoms with E-state index in [1.54, 1.807) is 0 Å². The van der Waals surface area contributed by atoms with Crippen molar-refractivity contribution in [1.82, 2.24) is 9.80 Å². The number of rotatable bonds is 8. The number of hydrogen-bond acceptors (Lipinski definition) is 4. The van der Waals surface area contributed by atoms with E-state index in [0.29, 0.717) is 6.61 Å². The summed E-state index contributed by atoms with van der Waals surface area (Å²) < 4.78 is 5.50. The van der Waals surface area contributed by atoms with Crippen LogP contribution in [0, 0.1) is 0 Å². The number of aliphatic hydroxyl groups is 1. The van der Waals surface area contributed by atoms with Crippen LogP contribution in [0.15, 0.2) is 0 Å². The van der Waals surface area contributed by atoms with E-state index in [1.807, 2.05) is 0 Å². The number of hydrogen-bond donors (Lipinski definition) is 1. The summed E-state index contributed by atoms with van der Waals surface area (Å²) in [5.74, 6) is 0. The fraction of sp³-hybridized carbons (Fsp3) is 1.00. The first-order valence-electron chi connectivity index (χ1n) is 8.51. The third-order valence-electron chi connectivity index (χ3n) is 4.58. The Labute approximate surface area is 124 Å². The Bertz CT molecular complexity index is 257. The average molecular weight is 284 g/mol. The number of unbranched alkanes of at least 4 members (excludes halogenated alkanes) is 1. The number of nitrogens with zero attached hydrogens (tertiary/aromatic N) is 2. The number of aliphatic hydroxyl groups excluding tert-OH is 1. The van der Waals surface area contributed by atoms with Crippen LogP contribution in [-0.4, -0.2) is 73.0 Å². The molecule has 2 aliphatic heterocycles. The van der Waals surface area contributed by atoms with Gasteiger partial charge in [0.25, 0.3) is 0 Å². The lowest BCUT2D eigenvalue weighted by molar-refractivity contribution is 0.0182. The summed E-state index contributed by atoms with van der Waals surface area (Å²) >= 11 is 0. The van der Waals surface area contributed by atoms with E-state index in [0.717, 1.165) is 45.1 Å². The van der Waals surface area contributed by atoms with Crippen molar-refractivity contribution in [1.29, 1.82) is 0 Å². The molecule has 4 heteroatoms. The van der Waals surface area contributed by atoms with Gasteiger partial charge in [-0.05, 0) is 45.3 Å². The third kappa shape index (κ3) is 5.32. The molecule has 0 bridgehead atoms. The van der Waals surface area contributed by atoms with Crippen molar-refractivity contribution in [3.05, 3.63) is 0 Å². The summed E-state index contributed by atoms with van der Waals surface area (Å²) in [6, 6.07) is 0.725. The summed E-state index contributed by atoms with van der Waals surface area (Å²) in [7, 11) is 0. The highest BCUT2D eigenvalue weighted by molar-refractivity contribution is 4.85. The third-order valence-corrected chi connectivity index (χ3v) is 4.58. The Morgan fingerprint density at radius 1 is 1.20 bits per heavy atom. The number of piperidine rings is 1. The first-order valence-corrected chi connectivity index (χ1v) is 8.51. The SMILES string of the molecule is CCCCOCC(O)CN1CCC(N2CCCCC2)C1. The minimum absolute atomic E-state index is 0.327. The lowest BCUT2D eigenvalue weighted by Gasteiger charge is -2.32. The molecule has 0 aromatic heterocycles. The van der Waals surface area contributed by atoms with Crippen LogP contribution in [0.1, 0.15) is 45.4 Å². The van der Waals surface area contributed by atoms with E-state index < -0.39 is 0 Å². The van der Waals surface area contributed by atoms with E-state index in [4.69, 9.17) is 4.74 Å². The molecule has 2 aliphatic rings. The molecule has 0 saturated carbocycles. The molecule has 118 valence electrons. The second kappa shape index (κ2) is 8.98. The van der Waals surface area contributed by atoms with Crippen LogP contribution < -0.4 is 0 Å². The van der Waals surface area contributed by atoms with Gasteiger partial charge in [-0.2, -0.15) is 0 Å².